The maximum atomic E-state index is 12.9. The number of alkyl halides is 3. The van der Waals surface area contributed by atoms with E-state index in [4.69, 9.17) is 4.74 Å². The number of ether oxygens (including phenoxy) is 1. The van der Waals surface area contributed by atoms with Gasteiger partial charge < -0.3 is 4.74 Å². The van der Waals surface area contributed by atoms with E-state index in [0.29, 0.717) is 31.0 Å². The number of rotatable bonds is 0. The molecule has 0 unspecified atom stereocenters. The maximum absolute atomic E-state index is 12.9. The van der Waals surface area contributed by atoms with Gasteiger partial charge in [-0.15, -0.1) is 0 Å². The summed E-state index contributed by atoms with van der Waals surface area (Å²) in [5.41, 5.74) is 0.672. The highest BCUT2D eigenvalue weighted by atomic mass is 32.2. The van der Waals surface area contributed by atoms with Gasteiger partial charge in [0.15, 0.2) is 0 Å². The first-order chi connectivity index (χ1) is 8.09. The molecule has 2 rings (SSSR count). The van der Waals surface area contributed by atoms with Crippen LogP contribution in [0.25, 0.3) is 0 Å². The lowest BCUT2D eigenvalue weighted by molar-refractivity contribution is -0.138. The van der Waals surface area contributed by atoms with Crippen LogP contribution in [0.5, 0.6) is 0 Å². The fraction of sp³-hybridized carbons (Fsp3) is 0.500. The molecule has 0 saturated carbocycles. The van der Waals surface area contributed by atoms with Gasteiger partial charge in [-0.05, 0) is 23.6 Å². The molecule has 0 spiro atoms. The van der Waals surface area contributed by atoms with E-state index >= 15 is 0 Å². The molecule has 1 aliphatic heterocycles. The lowest BCUT2D eigenvalue weighted by Crippen LogP contribution is -2.12. The average Bonchev–Trinajstić information content (AvgIpc) is 2.38. The minimum Gasteiger partial charge on any atom is -0.380 e. The van der Waals surface area contributed by atoms with Crippen LogP contribution in [0.15, 0.2) is 18.2 Å². The Balaban J connectivity index is 2.39. The number of fused-ring (bicyclic) bond motifs is 1. The Kier molecular flexibility index (Phi) is 3.99. The molecule has 0 radical (unpaired) electrons. The summed E-state index contributed by atoms with van der Waals surface area (Å²) >= 11 is 1.61. The number of hydrogen-bond acceptors (Lipinski definition) is 2. The van der Waals surface area contributed by atoms with E-state index in [9.17, 15) is 13.2 Å². The van der Waals surface area contributed by atoms with Crippen LogP contribution in [-0.2, 0) is 23.1 Å². The summed E-state index contributed by atoms with van der Waals surface area (Å²) < 4.78 is 43.9. The Hall–Kier alpha value is -0.680. The van der Waals surface area contributed by atoms with Crippen LogP contribution in [0.4, 0.5) is 13.2 Å². The molecule has 1 aliphatic rings. The van der Waals surface area contributed by atoms with Crippen molar-refractivity contribution < 1.29 is 17.9 Å². The molecule has 1 aromatic carbocycles. The van der Waals surface area contributed by atoms with Gasteiger partial charge in [0, 0.05) is 11.5 Å². The molecule has 0 aliphatic carbocycles. The predicted molar refractivity (Wildman–Crippen MR) is 62.1 cm³/mol. The predicted octanol–water partition coefficient (Wildman–Crippen LogP) is 3.51. The zero-order valence-electron chi connectivity index (χ0n) is 9.22. The van der Waals surface area contributed by atoms with Crippen molar-refractivity contribution in [2.75, 3.05) is 19.0 Å². The zero-order chi connectivity index (χ0) is 12.3. The van der Waals surface area contributed by atoms with E-state index in [1.165, 1.54) is 6.07 Å². The lowest BCUT2D eigenvalue weighted by atomic mass is 9.99. The van der Waals surface area contributed by atoms with Crippen LogP contribution in [-0.4, -0.2) is 19.0 Å². The van der Waals surface area contributed by atoms with Crippen LogP contribution in [0.3, 0.4) is 0 Å². The number of hydrogen-bond donors (Lipinski definition) is 0. The van der Waals surface area contributed by atoms with Gasteiger partial charge in [-0.2, -0.15) is 24.9 Å². The summed E-state index contributed by atoms with van der Waals surface area (Å²) in [6, 6.07) is 4.42. The van der Waals surface area contributed by atoms with Crippen molar-refractivity contribution in [2.24, 2.45) is 0 Å². The van der Waals surface area contributed by atoms with Crippen molar-refractivity contribution in [3.05, 3.63) is 34.9 Å². The van der Waals surface area contributed by atoms with Gasteiger partial charge >= 0.3 is 6.18 Å². The molecular weight excluding hydrogens is 249 g/mol. The fourth-order valence-electron chi connectivity index (χ4n) is 1.91. The smallest absolute Gasteiger partial charge is 0.380 e. The van der Waals surface area contributed by atoms with E-state index in [-0.39, 0.29) is 0 Å². The summed E-state index contributed by atoms with van der Waals surface area (Å²) in [6.07, 6.45) is -3.93. The molecule has 0 amide bonds. The second-order valence-corrected chi connectivity index (χ2v) is 4.96. The highest BCUT2D eigenvalue weighted by molar-refractivity contribution is 7.98. The molecule has 0 aromatic heterocycles. The first-order valence-corrected chi connectivity index (χ1v) is 6.58. The Morgan fingerprint density at radius 1 is 1.18 bits per heavy atom. The lowest BCUT2D eigenvalue weighted by Gasteiger charge is -2.15. The molecule has 0 fully saturated rings. The fourth-order valence-corrected chi connectivity index (χ4v) is 2.78. The minimum absolute atomic E-state index is 0.339. The highest BCUT2D eigenvalue weighted by Crippen LogP contribution is 2.35. The third kappa shape index (κ3) is 3.16. The van der Waals surface area contributed by atoms with Crippen molar-refractivity contribution in [1.29, 1.82) is 0 Å². The van der Waals surface area contributed by atoms with Gasteiger partial charge in [0.25, 0.3) is 0 Å². The molecule has 1 aromatic rings. The molecule has 5 heteroatoms. The molecule has 17 heavy (non-hydrogen) atoms. The Bertz CT molecular complexity index is 390. The molecule has 1 heterocycles. The van der Waals surface area contributed by atoms with E-state index in [2.05, 4.69) is 0 Å². The summed E-state index contributed by atoms with van der Waals surface area (Å²) in [6.45, 7) is 0.973. The number of benzene rings is 1. The standard InChI is InChI=1S/C12H13F3OS/c13-12(14,15)11-3-1-2-9-8-17-7-6-16-5-4-10(9)11/h1-3H,4-8H2. The van der Waals surface area contributed by atoms with Crippen molar-refractivity contribution in [1.82, 2.24) is 0 Å². The van der Waals surface area contributed by atoms with Crippen molar-refractivity contribution in [2.45, 2.75) is 18.3 Å². The average molecular weight is 262 g/mol. The minimum atomic E-state index is -4.27. The first kappa shape index (κ1) is 12.8. The van der Waals surface area contributed by atoms with E-state index in [1.807, 2.05) is 0 Å². The van der Waals surface area contributed by atoms with Crippen molar-refractivity contribution in [3.63, 3.8) is 0 Å². The summed E-state index contributed by atoms with van der Waals surface area (Å²) in [5.74, 6) is 1.46. The molecule has 94 valence electrons. The number of halogens is 3. The van der Waals surface area contributed by atoms with E-state index in [0.717, 1.165) is 17.4 Å². The molecule has 0 atom stereocenters. The topological polar surface area (TPSA) is 9.23 Å². The van der Waals surface area contributed by atoms with Crippen LogP contribution in [0.1, 0.15) is 16.7 Å². The van der Waals surface area contributed by atoms with Gasteiger partial charge in [-0.3, -0.25) is 0 Å². The second kappa shape index (κ2) is 5.31. The van der Waals surface area contributed by atoms with Gasteiger partial charge in [-0.1, -0.05) is 12.1 Å². The Morgan fingerprint density at radius 3 is 2.76 bits per heavy atom. The summed E-state index contributed by atoms with van der Waals surface area (Å²) in [4.78, 5) is 0. The summed E-state index contributed by atoms with van der Waals surface area (Å²) in [5, 5.41) is 0. The van der Waals surface area contributed by atoms with Crippen LogP contribution < -0.4 is 0 Å². The van der Waals surface area contributed by atoms with Gasteiger partial charge in [0.2, 0.25) is 0 Å². The molecule has 0 N–H and O–H groups in total. The molecule has 0 saturated heterocycles. The van der Waals surface area contributed by atoms with Gasteiger partial charge in [0.1, 0.15) is 0 Å². The monoisotopic (exact) mass is 262 g/mol. The Morgan fingerprint density at radius 2 is 2.00 bits per heavy atom. The van der Waals surface area contributed by atoms with Crippen molar-refractivity contribution >= 4 is 11.8 Å². The van der Waals surface area contributed by atoms with Gasteiger partial charge in [-0.25, -0.2) is 0 Å². The largest absolute Gasteiger partial charge is 0.416 e. The SMILES string of the molecule is FC(F)(F)c1cccc2c1CCOCCSC2. The Labute approximate surface area is 102 Å². The normalized spacial score (nSPS) is 17.8. The third-order valence-electron chi connectivity index (χ3n) is 2.70. The van der Waals surface area contributed by atoms with Crippen LogP contribution >= 0.6 is 11.8 Å². The number of thioether (sulfide) groups is 1. The van der Waals surface area contributed by atoms with Crippen molar-refractivity contribution in [3.8, 4) is 0 Å². The molecule has 1 nitrogen and oxygen atoms in total. The van der Waals surface area contributed by atoms with Crippen LogP contribution in [0, 0.1) is 0 Å². The van der Waals surface area contributed by atoms with E-state index in [1.54, 1.807) is 17.8 Å². The first-order valence-electron chi connectivity index (χ1n) is 5.42. The highest BCUT2D eigenvalue weighted by Gasteiger charge is 2.33. The molecular formula is C12H13F3OS. The molecule has 0 bridgehead atoms. The van der Waals surface area contributed by atoms with E-state index < -0.39 is 11.7 Å². The quantitative estimate of drug-likeness (QED) is 0.707. The zero-order valence-corrected chi connectivity index (χ0v) is 10.0. The third-order valence-corrected chi connectivity index (χ3v) is 3.67. The maximum Gasteiger partial charge on any atom is 0.416 e. The summed E-state index contributed by atoms with van der Waals surface area (Å²) in [7, 11) is 0. The van der Waals surface area contributed by atoms with Crippen LogP contribution in [0.2, 0.25) is 0 Å². The van der Waals surface area contributed by atoms with Gasteiger partial charge in [0.05, 0.1) is 18.8 Å². The second-order valence-electron chi connectivity index (χ2n) is 3.86.